The normalized spacial score (nSPS) is 10.6. The minimum Gasteiger partial charge on any atom is -0.455 e. The fourth-order valence-electron chi connectivity index (χ4n) is 2.90. The number of hydrogen-bond acceptors (Lipinski definition) is 4. The molecule has 7 heteroatoms. The molecule has 0 fully saturated rings. The van der Waals surface area contributed by atoms with Gasteiger partial charge in [0, 0.05) is 5.02 Å². The van der Waals surface area contributed by atoms with E-state index in [9.17, 15) is 9.59 Å². The second-order valence-corrected chi connectivity index (χ2v) is 7.24. The van der Waals surface area contributed by atoms with Crippen LogP contribution in [0.4, 0.5) is 5.69 Å². The van der Waals surface area contributed by atoms with E-state index in [2.05, 4.69) is 10.4 Å². The zero-order valence-electron chi connectivity index (χ0n) is 16.5. The average Bonchev–Trinajstić information content (AvgIpc) is 2.97. The lowest BCUT2D eigenvalue weighted by Crippen LogP contribution is -2.22. The lowest BCUT2D eigenvalue weighted by Gasteiger charge is -2.08. The zero-order chi connectivity index (χ0) is 21.0. The number of rotatable bonds is 6. The number of esters is 1. The molecule has 29 heavy (non-hydrogen) atoms. The van der Waals surface area contributed by atoms with E-state index in [0.717, 1.165) is 22.5 Å². The maximum Gasteiger partial charge on any atom is 0.310 e. The molecule has 0 aliphatic carbocycles. The first-order valence-electron chi connectivity index (χ1n) is 9.16. The molecule has 1 N–H and O–H groups in total. The quantitative estimate of drug-likeness (QED) is 0.617. The number of halogens is 1. The molecule has 0 saturated heterocycles. The van der Waals surface area contributed by atoms with Crippen LogP contribution in [0.15, 0.2) is 48.5 Å². The number of anilines is 1. The van der Waals surface area contributed by atoms with Crippen LogP contribution in [0.25, 0.3) is 5.69 Å². The van der Waals surface area contributed by atoms with Crippen LogP contribution in [-0.2, 0) is 20.7 Å². The predicted molar refractivity (Wildman–Crippen MR) is 113 cm³/mol. The molecule has 3 aromatic rings. The van der Waals surface area contributed by atoms with E-state index in [4.69, 9.17) is 16.3 Å². The van der Waals surface area contributed by atoms with E-state index in [0.29, 0.717) is 16.4 Å². The van der Waals surface area contributed by atoms with Crippen molar-refractivity contribution < 1.29 is 14.3 Å². The van der Waals surface area contributed by atoms with Crippen molar-refractivity contribution >= 4 is 29.2 Å². The van der Waals surface area contributed by atoms with Gasteiger partial charge in [-0.3, -0.25) is 9.59 Å². The zero-order valence-corrected chi connectivity index (χ0v) is 17.3. The van der Waals surface area contributed by atoms with E-state index in [1.807, 2.05) is 45.0 Å². The number of carbonyl (C=O) groups is 2. The van der Waals surface area contributed by atoms with Crippen molar-refractivity contribution in [3.8, 4) is 5.69 Å². The van der Waals surface area contributed by atoms with E-state index in [1.54, 1.807) is 28.9 Å². The molecule has 0 aliphatic heterocycles. The van der Waals surface area contributed by atoms with Gasteiger partial charge in [-0.2, -0.15) is 5.10 Å². The summed E-state index contributed by atoms with van der Waals surface area (Å²) in [5, 5.41) is 7.89. The third kappa shape index (κ3) is 5.23. The van der Waals surface area contributed by atoms with Crippen molar-refractivity contribution in [2.24, 2.45) is 0 Å². The topological polar surface area (TPSA) is 73.2 Å². The molecule has 0 bridgehead atoms. The highest BCUT2D eigenvalue weighted by molar-refractivity contribution is 6.30. The molecule has 6 nitrogen and oxygen atoms in total. The maximum absolute atomic E-state index is 12.3. The minimum atomic E-state index is -0.480. The summed E-state index contributed by atoms with van der Waals surface area (Å²) in [4.78, 5) is 24.2. The second kappa shape index (κ2) is 8.92. The number of nitrogens with one attached hydrogen (secondary N) is 1. The van der Waals surface area contributed by atoms with Gasteiger partial charge in [-0.1, -0.05) is 41.4 Å². The molecule has 0 aliphatic rings. The van der Waals surface area contributed by atoms with Gasteiger partial charge in [0.25, 0.3) is 5.91 Å². The summed E-state index contributed by atoms with van der Waals surface area (Å²) in [6.45, 7) is 5.35. The third-order valence-corrected chi connectivity index (χ3v) is 4.71. The maximum atomic E-state index is 12.3. The van der Waals surface area contributed by atoms with Crippen LogP contribution >= 0.6 is 11.6 Å². The molecular formula is C22H22ClN3O3. The standard InChI is InChI=1S/C22H22ClN3O3/c1-14-4-10-19(11-5-14)26-16(3)22(15(2)25-26)24-20(27)13-29-21(28)12-17-6-8-18(23)9-7-17/h4-11H,12-13H2,1-3H3,(H,24,27). The van der Waals surface area contributed by atoms with Crippen molar-refractivity contribution in [2.45, 2.75) is 27.2 Å². The van der Waals surface area contributed by atoms with Crippen LogP contribution in [0.3, 0.4) is 0 Å². The fourth-order valence-corrected chi connectivity index (χ4v) is 3.03. The van der Waals surface area contributed by atoms with Crippen LogP contribution in [0.1, 0.15) is 22.5 Å². The number of nitrogens with zero attached hydrogens (tertiary/aromatic N) is 2. The smallest absolute Gasteiger partial charge is 0.310 e. The number of hydrogen-bond donors (Lipinski definition) is 1. The summed E-state index contributed by atoms with van der Waals surface area (Å²) < 4.78 is 6.86. The Balaban J connectivity index is 1.59. The molecule has 1 amide bonds. The van der Waals surface area contributed by atoms with Crippen molar-refractivity contribution in [1.29, 1.82) is 0 Å². The molecular weight excluding hydrogens is 390 g/mol. The highest BCUT2D eigenvalue weighted by atomic mass is 35.5. The molecule has 150 valence electrons. The van der Waals surface area contributed by atoms with Crippen molar-refractivity contribution in [1.82, 2.24) is 9.78 Å². The monoisotopic (exact) mass is 411 g/mol. The highest BCUT2D eigenvalue weighted by Crippen LogP contribution is 2.23. The highest BCUT2D eigenvalue weighted by Gasteiger charge is 2.16. The van der Waals surface area contributed by atoms with Gasteiger partial charge in [-0.15, -0.1) is 0 Å². The predicted octanol–water partition coefficient (Wildman–Crippen LogP) is 4.18. The Morgan fingerprint density at radius 1 is 1.03 bits per heavy atom. The molecule has 0 radical (unpaired) electrons. The first-order chi connectivity index (χ1) is 13.8. The van der Waals surface area contributed by atoms with Gasteiger partial charge in [0.05, 0.1) is 29.2 Å². The molecule has 3 rings (SSSR count). The lowest BCUT2D eigenvalue weighted by molar-refractivity contribution is -0.146. The Bertz CT molecular complexity index is 1020. The summed E-state index contributed by atoms with van der Waals surface area (Å²) in [5.41, 5.74) is 4.93. The summed E-state index contributed by atoms with van der Waals surface area (Å²) in [6.07, 6.45) is 0.0772. The van der Waals surface area contributed by atoms with Crippen molar-refractivity contribution in [2.75, 3.05) is 11.9 Å². The number of aromatic nitrogens is 2. The number of amides is 1. The molecule has 2 aromatic carbocycles. The van der Waals surface area contributed by atoms with Gasteiger partial charge >= 0.3 is 5.97 Å². The van der Waals surface area contributed by atoms with Crippen LogP contribution < -0.4 is 5.32 Å². The SMILES string of the molecule is Cc1ccc(-n2nc(C)c(NC(=O)COC(=O)Cc3ccc(Cl)cc3)c2C)cc1. The molecule has 0 spiro atoms. The van der Waals surface area contributed by atoms with E-state index in [1.165, 1.54) is 0 Å². The molecule has 0 unspecified atom stereocenters. The van der Waals surface area contributed by atoms with Gasteiger partial charge in [-0.25, -0.2) is 4.68 Å². The summed E-state index contributed by atoms with van der Waals surface area (Å²) >= 11 is 5.83. The number of aryl methyl sites for hydroxylation is 2. The van der Waals surface area contributed by atoms with Crippen LogP contribution in [-0.4, -0.2) is 28.3 Å². The van der Waals surface area contributed by atoms with E-state index < -0.39 is 11.9 Å². The van der Waals surface area contributed by atoms with Gasteiger partial charge in [0.15, 0.2) is 6.61 Å². The van der Waals surface area contributed by atoms with Gasteiger partial charge in [0.1, 0.15) is 0 Å². The lowest BCUT2D eigenvalue weighted by atomic mass is 10.1. The van der Waals surface area contributed by atoms with Crippen molar-refractivity contribution in [3.63, 3.8) is 0 Å². The second-order valence-electron chi connectivity index (χ2n) is 6.81. The third-order valence-electron chi connectivity index (χ3n) is 4.46. The summed E-state index contributed by atoms with van der Waals surface area (Å²) in [7, 11) is 0. The first-order valence-corrected chi connectivity index (χ1v) is 9.54. The fraction of sp³-hybridized carbons (Fsp3) is 0.227. The van der Waals surface area contributed by atoms with Crippen LogP contribution in [0.5, 0.6) is 0 Å². The van der Waals surface area contributed by atoms with Crippen LogP contribution in [0.2, 0.25) is 5.02 Å². The Kier molecular flexibility index (Phi) is 6.34. The van der Waals surface area contributed by atoms with Crippen LogP contribution in [0, 0.1) is 20.8 Å². The summed E-state index contributed by atoms with van der Waals surface area (Å²) in [5.74, 6) is -0.893. The minimum absolute atomic E-state index is 0.0772. The Morgan fingerprint density at radius 2 is 1.69 bits per heavy atom. The Morgan fingerprint density at radius 3 is 2.34 bits per heavy atom. The van der Waals surface area contributed by atoms with Gasteiger partial charge < -0.3 is 10.1 Å². The van der Waals surface area contributed by atoms with E-state index in [-0.39, 0.29) is 13.0 Å². The number of benzene rings is 2. The van der Waals surface area contributed by atoms with Gasteiger partial charge in [-0.05, 0) is 50.6 Å². The Labute approximate surface area is 174 Å². The summed E-state index contributed by atoms with van der Waals surface area (Å²) in [6, 6.07) is 14.8. The first kappa shape index (κ1) is 20.6. The number of carbonyl (C=O) groups excluding carboxylic acids is 2. The Hall–Kier alpha value is -3.12. The number of ether oxygens (including phenoxy) is 1. The molecule has 0 saturated carbocycles. The molecule has 1 heterocycles. The largest absolute Gasteiger partial charge is 0.455 e. The molecule has 1 aromatic heterocycles. The van der Waals surface area contributed by atoms with Crippen molar-refractivity contribution in [3.05, 3.63) is 76.1 Å². The molecule has 0 atom stereocenters. The average molecular weight is 412 g/mol. The van der Waals surface area contributed by atoms with E-state index >= 15 is 0 Å². The van der Waals surface area contributed by atoms with Gasteiger partial charge in [0.2, 0.25) is 0 Å².